The van der Waals surface area contributed by atoms with E-state index in [9.17, 15) is 37.6 Å². The van der Waals surface area contributed by atoms with E-state index in [1.165, 1.54) is 15.9 Å². The normalized spacial score (nSPS) is 24.4. The quantitative estimate of drug-likeness (QED) is 0.223. The van der Waals surface area contributed by atoms with Gasteiger partial charge in [0.25, 0.3) is 5.91 Å². The van der Waals surface area contributed by atoms with E-state index in [0.717, 1.165) is 86.8 Å². The highest BCUT2D eigenvalue weighted by Crippen LogP contribution is 2.42. The third-order valence-electron chi connectivity index (χ3n) is 12.8. The number of carbonyl (C=O) groups excluding carboxylic acids is 4. The van der Waals surface area contributed by atoms with Crippen LogP contribution in [0.25, 0.3) is 10.9 Å². The van der Waals surface area contributed by atoms with Crippen LogP contribution in [0, 0.1) is 17.2 Å². The fraction of sp³-hybridized carbons (Fsp3) is 0.558. The van der Waals surface area contributed by atoms with Crippen LogP contribution in [0.4, 0.5) is 29.5 Å². The third-order valence-corrected chi connectivity index (χ3v) is 13.2. The van der Waals surface area contributed by atoms with Gasteiger partial charge in [-0.15, -0.1) is 0 Å². The van der Waals surface area contributed by atoms with Crippen molar-refractivity contribution in [3.8, 4) is 6.07 Å². The number of nitrogens with one attached hydrogen (secondary N) is 1. The summed E-state index contributed by atoms with van der Waals surface area (Å²) in [6.07, 6.45) is 1.37. The van der Waals surface area contributed by atoms with E-state index >= 15 is 0 Å². The number of urea groups is 1. The number of hydrogen-bond acceptors (Lipinski definition) is 9. The minimum atomic E-state index is -4.75. The predicted molar refractivity (Wildman–Crippen MR) is 224 cm³/mol. The summed E-state index contributed by atoms with van der Waals surface area (Å²) < 4.78 is 43.0. The highest BCUT2D eigenvalue weighted by atomic mass is 32.1. The van der Waals surface area contributed by atoms with Gasteiger partial charge in [-0.05, 0) is 121 Å². The molecule has 0 spiro atoms. The van der Waals surface area contributed by atoms with E-state index in [0.29, 0.717) is 18.3 Å². The number of carbonyl (C=O) groups is 4. The van der Waals surface area contributed by atoms with Gasteiger partial charge >= 0.3 is 12.2 Å². The summed E-state index contributed by atoms with van der Waals surface area (Å²) in [5.41, 5.74) is -0.984. The second-order valence-electron chi connectivity index (χ2n) is 17.4. The van der Waals surface area contributed by atoms with E-state index in [1.807, 2.05) is 23.1 Å². The van der Waals surface area contributed by atoms with Crippen molar-refractivity contribution in [1.29, 1.82) is 5.26 Å². The van der Waals surface area contributed by atoms with Crippen LogP contribution in [0.3, 0.4) is 0 Å². The number of piperazine rings is 1. The average molecular weight is 848 g/mol. The molecule has 1 N–H and O–H groups in total. The molecule has 320 valence electrons. The minimum Gasteiger partial charge on any atom is -0.331 e. The average Bonchev–Trinajstić information content (AvgIpc) is 3.61. The van der Waals surface area contributed by atoms with Gasteiger partial charge in [0.15, 0.2) is 16.7 Å². The molecule has 4 amide bonds. The van der Waals surface area contributed by atoms with Crippen LogP contribution in [0.2, 0.25) is 0 Å². The number of alkyl halides is 3. The Balaban J connectivity index is 0.884. The molecule has 3 saturated heterocycles. The number of amides is 4. The zero-order valence-electron chi connectivity index (χ0n) is 34.7. The van der Waals surface area contributed by atoms with Crippen LogP contribution in [0.1, 0.15) is 89.3 Å². The van der Waals surface area contributed by atoms with Gasteiger partial charge in [0.1, 0.15) is 5.54 Å². The first-order valence-corrected chi connectivity index (χ1v) is 21.1. The minimum absolute atomic E-state index is 0.0115. The first kappa shape index (κ1) is 43.2. The second-order valence-corrected chi connectivity index (χ2v) is 17.7. The Labute approximate surface area is 353 Å². The molecule has 1 saturated carbocycles. The molecule has 7 rings (SSSR count). The lowest BCUT2D eigenvalue weighted by Gasteiger charge is -2.44. The Bertz CT molecular complexity index is 2230. The Morgan fingerprint density at radius 2 is 1.75 bits per heavy atom. The van der Waals surface area contributed by atoms with Crippen molar-refractivity contribution in [3.63, 3.8) is 0 Å². The van der Waals surface area contributed by atoms with E-state index < -0.39 is 28.9 Å². The van der Waals surface area contributed by atoms with Crippen LogP contribution >= 0.6 is 12.2 Å². The number of halogens is 3. The number of nitrogens with zero attached hydrogens (tertiary/aromatic N) is 8. The van der Waals surface area contributed by atoms with Crippen LogP contribution in [-0.4, -0.2) is 110 Å². The summed E-state index contributed by atoms with van der Waals surface area (Å²) in [7, 11) is 1.80. The summed E-state index contributed by atoms with van der Waals surface area (Å²) in [5, 5.41) is 17.2. The first-order chi connectivity index (χ1) is 28.4. The Morgan fingerprint density at radius 1 is 1.05 bits per heavy atom. The molecule has 3 aliphatic heterocycles. The van der Waals surface area contributed by atoms with Gasteiger partial charge in [-0.2, -0.15) is 23.5 Å². The summed E-state index contributed by atoms with van der Waals surface area (Å²) in [6, 6.07) is 10.4. The van der Waals surface area contributed by atoms with Gasteiger partial charge in [-0.25, -0.2) is 4.79 Å². The van der Waals surface area contributed by atoms with E-state index in [-0.39, 0.29) is 65.9 Å². The number of para-hydroxylation sites is 1. The molecule has 4 heterocycles. The molecule has 60 heavy (non-hydrogen) atoms. The number of aryl methyl sites for hydroxylation is 1. The second kappa shape index (κ2) is 16.9. The molecule has 1 aromatic heterocycles. The van der Waals surface area contributed by atoms with Gasteiger partial charge in [-0.1, -0.05) is 12.1 Å². The maximum atomic E-state index is 13.8. The summed E-state index contributed by atoms with van der Waals surface area (Å²) in [4.78, 5) is 60.9. The Hall–Kier alpha value is -4.92. The standard InChI is InChI=1S/C43H52F3N9O4S/c1-26-23-51(24-27(2)53(26)25-33(56)20-29-9-6-10-34-37(29)50(5)49-38(34)52-19-17-36(57)48-40(52)59)18-7-8-28-11-14-31(15-12-28)55-41(60)54(39(58)42(55,3)4)32-16-13-30(22-47)35(21-32)43(44,45)46/h6,9-10,13,16,21,26-28,31H,7-8,11-12,14-15,17-20,23-25H2,1-5H3,(H,48,57,59)/t26-,27+,28?,31?. The number of Topliss-reactive ketones (excluding diaryl/α,β-unsaturated/α-hetero) is 1. The maximum absolute atomic E-state index is 13.8. The Kier molecular flexibility index (Phi) is 12.1. The van der Waals surface area contributed by atoms with Gasteiger partial charge in [-0.3, -0.25) is 39.1 Å². The molecule has 1 aliphatic carbocycles. The predicted octanol–water partition coefficient (Wildman–Crippen LogP) is 6.17. The number of aromatic nitrogens is 2. The topological polar surface area (TPSA) is 138 Å². The van der Waals surface area contributed by atoms with Crippen LogP contribution in [0.15, 0.2) is 36.4 Å². The van der Waals surface area contributed by atoms with Gasteiger partial charge < -0.3 is 9.80 Å². The molecule has 4 fully saturated rings. The van der Waals surface area contributed by atoms with Crippen molar-refractivity contribution in [2.24, 2.45) is 13.0 Å². The highest BCUT2D eigenvalue weighted by molar-refractivity contribution is 7.80. The van der Waals surface area contributed by atoms with E-state index in [1.54, 1.807) is 31.6 Å². The van der Waals surface area contributed by atoms with Gasteiger partial charge in [0, 0.05) is 63.0 Å². The van der Waals surface area contributed by atoms with Crippen molar-refractivity contribution in [1.82, 2.24) is 29.8 Å². The zero-order chi connectivity index (χ0) is 43.3. The van der Waals surface area contributed by atoms with Crippen molar-refractivity contribution >= 4 is 63.4 Å². The fourth-order valence-electron chi connectivity index (χ4n) is 9.89. The van der Waals surface area contributed by atoms with Crippen molar-refractivity contribution in [2.75, 3.05) is 42.5 Å². The van der Waals surface area contributed by atoms with Crippen LogP contribution < -0.4 is 15.1 Å². The van der Waals surface area contributed by atoms with Crippen molar-refractivity contribution in [3.05, 3.63) is 53.1 Å². The zero-order valence-corrected chi connectivity index (χ0v) is 35.5. The molecule has 13 nitrogen and oxygen atoms in total. The lowest BCUT2D eigenvalue weighted by Crippen LogP contribution is -2.58. The van der Waals surface area contributed by atoms with Crippen molar-refractivity contribution < 1.29 is 32.3 Å². The molecular weight excluding hydrogens is 796 g/mol. The number of imide groups is 1. The van der Waals surface area contributed by atoms with Crippen LogP contribution in [0.5, 0.6) is 0 Å². The summed E-state index contributed by atoms with van der Waals surface area (Å²) >= 11 is 5.78. The van der Waals surface area contributed by atoms with E-state index in [2.05, 4.69) is 34.1 Å². The number of nitriles is 1. The molecule has 0 unspecified atom stereocenters. The smallest absolute Gasteiger partial charge is 0.331 e. The molecular formula is C43H52F3N9O4S. The van der Waals surface area contributed by atoms with Crippen LogP contribution in [-0.2, 0) is 34.0 Å². The fourth-order valence-corrected chi connectivity index (χ4v) is 10.5. The van der Waals surface area contributed by atoms with E-state index in [4.69, 9.17) is 12.2 Å². The number of benzene rings is 2. The lowest BCUT2D eigenvalue weighted by atomic mass is 9.82. The number of anilines is 2. The van der Waals surface area contributed by atoms with Crippen molar-refractivity contribution in [2.45, 2.75) is 109 Å². The highest BCUT2D eigenvalue weighted by Gasteiger charge is 2.52. The SMILES string of the molecule is C[C@@H]1CN(CCCC2CCC(N3C(=S)N(c4ccc(C#N)c(C(F)(F)F)c4)C(=O)C3(C)C)CC2)C[C@H](C)N1CC(=O)Cc1cccc2c(N3CCC(=O)NC3=O)nn(C)c12. The summed E-state index contributed by atoms with van der Waals surface area (Å²) in [6.45, 7) is 11.1. The number of hydrogen-bond donors (Lipinski definition) is 1. The summed E-state index contributed by atoms with van der Waals surface area (Å²) in [5.74, 6) is 0.400. The molecule has 2 aromatic carbocycles. The molecule has 0 radical (unpaired) electrons. The largest absolute Gasteiger partial charge is 0.417 e. The van der Waals surface area contributed by atoms with Gasteiger partial charge in [0.05, 0.1) is 34.9 Å². The number of rotatable bonds is 11. The molecule has 4 aliphatic rings. The molecule has 3 aromatic rings. The number of thiocarbonyl (C=S) groups is 1. The molecule has 17 heteroatoms. The monoisotopic (exact) mass is 847 g/mol. The maximum Gasteiger partial charge on any atom is 0.417 e. The third kappa shape index (κ3) is 8.38. The Morgan fingerprint density at radius 3 is 2.40 bits per heavy atom. The number of ketones is 1. The lowest BCUT2D eigenvalue weighted by molar-refractivity contribution is -0.137. The first-order valence-electron chi connectivity index (χ1n) is 20.7. The molecule has 0 bridgehead atoms. The molecule has 2 atom stereocenters. The van der Waals surface area contributed by atoms with Gasteiger partial charge in [0.2, 0.25) is 5.91 Å². The number of fused-ring (bicyclic) bond motifs is 1.